The SMILES string of the molecule is CCOC1Cc2cc(C(F)(F)F)ccc2[C@H]1N1CCN(C2(C)CCN(C(=O)c3ccnc4ccccc34)CC2)CC1C. The standard InChI is InChI=1S/C33H39F3N4O2/c1-4-42-29-20-23-19-24(33(34,35)36)9-10-25(23)30(29)40-18-17-39(21-22(40)2)32(3)12-15-38(16-13-32)31(41)27-11-14-37-28-8-6-5-7-26(27)28/h5-11,14,19,22,29-30H,4,12-13,15-18,20-21H2,1-3H3/t22?,29?,30-/m1/s1. The summed E-state index contributed by atoms with van der Waals surface area (Å²) in [6, 6.07) is 13.9. The van der Waals surface area contributed by atoms with Crippen molar-refractivity contribution in [2.45, 2.75) is 69.9 Å². The number of aromatic nitrogens is 1. The third-order valence-corrected chi connectivity index (χ3v) is 9.75. The zero-order valence-corrected chi connectivity index (χ0v) is 24.5. The number of halogens is 3. The lowest BCUT2D eigenvalue weighted by Gasteiger charge is -2.53. The van der Waals surface area contributed by atoms with Gasteiger partial charge in [-0.05, 0) is 69.0 Å². The van der Waals surface area contributed by atoms with Crippen molar-refractivity contribution in [2.75, 3.05) is 39.3 Å². The van der Waals surface area contributed by atoms with Crippen molar-refractivity contribution < 1.29 is 22.7 Å². The number of amides is 1. The number of carbonyl (C=O) groups is 1. The number of hydrogen-bond acceptors (Lipinski definition) is 5. The minimum Gasteiger partial charge on any atom is -0.376 e. The van der Waals surface area contributed by atoms with Crippen molar-refractivity contribution in [3.8, 4) is 0 Å². The van der Waals surface area contributed by atoms with Crippen LogP contribution in [0, 0.1) is 0 Å². The number of benzene rings is 2. The normalized spacial score (nSPS) is 25.1. The summed E-state index contributed by atoms with van der Waals surface area (Å²) in [5, 5.41) is 0.886. The van der Waals surface area contributed by atoms with Crippen LogP contribution in [-0.2, 0) is 17.3 Å². The fourth-order valence-corrected chi connectivity index (χ4v) is 7.37. The predicted molar refractivity (Wildman–Crippen MR) is 156 cm³/mol. The van der Waals surface area contributed by atoms with Crippen molar-refractivity contribution in [3.05, 3.63) is 77.0 Å². The van der Waals surface area contributed by atoms with Crippen LogP contribution in [0.5, 0.6) is 0 Å². The summed E-state index contributed by atoms with van der Waals surface area (Å²) in [6.07, 6.45) is -0.519. The third-order valence-electron chi connectivity index (χ3n) is 9.75. The van der Waals surface area contributed by atoms with Crippen LogP contribution in [0.3, 0.4) is 0 Å². The van der Waals surface area contributed by atoms with Gasteiger partial charge in [-0.2, -0.15) is 13.2 Å². The second-order valence-electron chi connectivity index (χ2n) is 12.3. The van der Waals surface area contributed by atoms with Crippen LogP contribution in [0.2, 0.25) is 0 Å². The molecule has 0 radical (unpaired) electrons. The summed E-state index contributed by atoms with van der Waals surface area (Å²) in [5.41, 5.74) is 2.62. The fraction of sp³-hybridized carbons (Fsp3) is 0.515. The van der Waals surface area contributed by atoms with Gasteiger partial charge in [-0.3, -0.25) is 19.6 Å². The van der Waals surface area contributed by atoms with E-state index in [9.17, 15) is 18.0 Å². The first-order valence-electron chi connectivity index (χ1n) is 15.0. The highest BCUT2D eigenvalue weighted by atomic mass is 19.4. The topological polar surface area (TPSA) is 48.9 Å². The second kappa shape index (κ2) is 11.2. The van der Waals surface area contributed by atoms with Crippen LogP contribution in [0.15, 0.2) is 54.7 Å². The molecule has 3 aliphatic rings. The molecule has 0 N–H and O–H groups in total. The highest BCUT2D eigenvalue weighted by Crippen LogP contribution is 2.43. The van der Waals surface area contributed by atoms with Gasteiger partial charge in [0.2, 0.25) is 0 Å². The summed E-state index contributed by atoms with van der Waals surface area (Å²) >= 11 is 0. The number of piperidine rings is 1. The molecule has 6 rings (SSSR count). The van der Waals surface area contributed by atoms with Crippen molar-refractivity contribution >= 4 is 16.8 Å². The molecular formula is C33H39F3N4O2. The van der Waals surface area contributed by atoms with E-state index in [-0.39, 0.29) is 29.6 Å². The number of rotatable bonds is 5. The summed E-state index contributed by atoms with van der Waals surface area (Å²) in [4.78, 5) is 24.9. The number of alkyl halides is 3. The van der Waals surface area contributed by atoms with Crippen LogP contribution in [0.25, 0.3) is 10.9 Å². The van der Waals surface area contributed by atoms with E-state index in [2.05, 4.69) is 28.6 Å². The first kappa shape index (κ1) is 29.1. The van der Waals surface area contributed by atoms with E-state index in [4.69, 9.17) is 4.74 Å². The van der Waals surface area contributed by atoms with E-state index < -0.39 is 11.7 Å². The number of ether oxygens (including phenoxy) is 1. The largest absolute Gasteiger partial charge is 0.416 e. The summed E-state index contributed by atoms with van der Waals surface area (Å²) < 4.78 is 46.4. The minimum absolute atomic E-state index is 0.0219. The Morgan fingerprint density at radius 2 is 1.83 bits per heavy atom. The molecule has 2 saturated heterocycles. The Morgan fingerprint density at radius 1 is 1.07 bits per heavy atom. The lowest BCUT2D eigenvalue weighted by atomic mass is 9.86. The number of piperazine rings is 1. The summed E-state index contributed by atoms with van der Waals surface area (Å²) in [7, 11) is 0. The average molecular weight is 581 g/mol. The molecule has 3 heterocycles. The predicted octanol–water partition coefficient (Wildman–Crippen LogP) is 5.96. The van der Waals surface area contributed by atoms with E-state index in [0.717, 1.165) is 54.5 Å². The minimum atomic E-state index is -4.35. The van der Waals surface area contributed by atoms with Crippen LogP contribution in [0.4, 0.5) is 13.2 Å². The molecule has 0 bridgehead atoms. The fourth-order valence-electron chi connectivity index (χ4n) is 7.37. The third kappa shape index (κ3) is 5.31. The monoisotopic (exact) mass is 580 g/mol. The maximum absolute atomic E-state index is 13.5. The van der Waals surface area contributed by atoms with Gasteiger partial charge >= 0.3 is 6.18 Å². The Balaban J connectivity index is 1.13. The van der Waals surface area contributed by atoms with Crippen molar-refractivity contribution in [2.24, 2.45) is 0 Å². The number of hydrogen-bond donors (Lipinski definition) is 0. The van der Waals surface area contributed by atoms with Crippen LogP contribution < -0.4 is 0 Å². The molecule has 0 spiro atoms. The maximum Gasteiger partial charge on any atom is 0.416 e. The molecule has 2 aliphatic heterocycles. The summed E-state index contributed by atoms with van der Waals surface area (Å²) in [5.74, 6) is 0.0596. The number of nitrogens with zero attached hydrogens (tertiary/aromatic N) is 4. The van der Waals surface area contributed by atoms with Crippen LogP contribution in [0.1, 0.15) is 66.7 Å². The lowest BCUT2D eigenvalue weighted by molar-refractivity contribution is -0.137. The quantitative estimate of drug-likeness (QED) is 0.373. The molecule has 6 nitrogen and oxygen atoms in total. The molecule has 42 heavy (non-hydrogen) atoms. The first-order valence-corrected chi connectivity index (χ1v) is 15.0. The van der Waals surface area contributed by atoms with E-state index in [1.807, 2.05) is 42.2 Å². The smallest absolute Gasteiger partial charge is 0.376 e. The summed E-state index contributed by atoms with van der Waals surface area (Å²) in [6.45, 7) is 10.9. The molecule has 1 aromatic heterocycles. The molecular weight excluding hydrogens is 541 g/mol. The molecule has 224 valence electrons. The Morgan fingerprint density at radius 3 is 2.55 bits per heavy atom. The van der Waals surface area contributed by atoms with E-state index in [1.54, 1.807) is 12.3 Å². The highest BCUT2D eigenvalue weighted by molar-refractivity contribution is 6.06. The van der Waals surface area contributed by atoms with Gasteiger partial charge in [0.15, 0.2) is 0 Å². The van der Waals surface area contributed by atoms with Gasteiger partial charge in [0.25, 0.3) is 5.91 Å². The number of pyridine rings is 1. The van der Waals surface area contributed by atoms with Gasteiger partial charge in [-0.15, -0.1) is 0 Å². The molecule has 3 aromatic rings. The van der Waals surface area contributed by atoms with Crippen molar-refractivity contribution in [1.29, 1.82) is 0 Å². The Kier molecular flexibility index (Phi) is 7.79. The Bertz CT molecular complexity index is 1450. The number of fused-ring (bicyclic) bond motifs is 2. The number of para-hydroxylation sites is 1. The van der Waals surface area contributed by atoms with Gasteiger partial charge in [0.1, 0.15) is 0 Å². The van der Waals surface area contributed by atoms with E-state index >= 15 is 0 Å². The molecule has 9 heteroatoms. The van der Waals surface area contributed by atoms with Crippen molar-refractivity contribution in [3.63, 3.8) is 0 Å². The van der Waals surface area contributed by atoms with Crippen LogP contribution in [-0.4, -0.2) is 82.6 Å². The molecule has 1 amide bonds. The second-order valence-corrected chi connectivity index (χ2v) is 12.3. The van der Waals surface area contributed by atoms with Crippen LogP contribution >= 0.6 is 0 Å². The first-order chi connectivity index (χ1) is 20.1. The molecule has 1 aliphatic carbocycles. The molecule has 2 unspecified atom stereocenters. The number of likely N-dealkylation sites (tertiary alicyclic amines) is 1. The van der Waals surface area contributed by atoms with E-state index in [0.29, 0.717) is 31.7 Å². The molecule has 0 saturated carbocycles. The van der Waals surface area contributed by atoms with Gasteiger partial charge in [0.05, 0.1) is 28.8 Å². The average Bonchev–Trinajstić information content (AvgIpc) is 3.33. The maximum atomic E-state index is 13.5. The zero-order valence-electron chi connectivity index (χ0n) is 24.5. The Labute approximate surface area is 245 Å². The molecule has 3 atom stereocenters. The van der Waals surface area contributed by atoms with Gasteiger partial charge in [-0.1, -0.05) is 24.3 Å². The zero-order chi connectivity index (χ0) is 29.6. The highest BCUT2D eigenvalue weighted by Gasteiger charge is 2.45. The molecule has 2 aromatic carbocycles. The van der Waals surface area contributed by atoms with Gasteiger partial charge in [0, 0.05) is 68.9 Å². The molecule has 2 fully saturated rings. The van der Waals surface area contributed by atoms with Crippen molar-refractivity contribution in [1.82, 2.24) is 19.7 Å². The van der Waals surface area contributed by atoms with Gasteiger partial charge in [-0.25, -0.2) is 0 Å². The Hall–Kier alpha value is -3.01. The lowest BCUT2D eigenvalue weighted by Crippen LogP contribution is -2.62. The number of carbonyl (C=O) groups excluding carboxylic acids is 1. The van der Waals surface area contributed by atoms with E-state index in [1.165, 1.54) is 12.1 Å². The van der Waals surface area contributed by atoms with Gasteiger partial charge < -0.3 is 9.64 Å².